The van der Waals surface area contributed by atoms with Crippen LogP contribution in [0.5, 0.6) is 0 Å². The summed E-state index contributed by atoms with van der Waals surface area (Å²) in [6, 6.07) is 1.63. The monoisotopic (exact) mass is 164 g/mol. The maximum atomic E-state index is 10.4. The molecule has 0 aliphatic carbocycles. The van der Waals surface area contributed by atoms with E-state index in [1.807, 2.05) is 0 Å². The number of hydrogen-bond donors (Lipinski definition) is 1. The van der Waals surface area contributed by atoms with E-state index in [-0.39, 0.29) is 5.82 Å². The molecule has 0 atom stereocenters. The van der Waals surface area contributed by atoms with Crippen molar-refractivity contribution in [2.45, 2.75) is 0 Å². The van der Waals surface area contributed by atoms with Gasteiger partial charge in [0, 0.05) is 6.07 Å². The van der Waals surface area contributed by atoms with Crippen molar-refractivity contribution >= 4 is 16.9 Å². The summed E-state index contributed by atoms with van der Waals surface area (Å²) in [6.45, 7) is 0. The molecule has 0 radical (unpaired) electrons. The largest absolute Gasteiger partial charge is 0.391 e. The summed E-state index contributed by atoms with van der Waals surface area (Å²) in [4.78, 5) is 20.0. The Kier molecular flexibility index (Phi) is 1.26. The molecule has 2 aromatic heterocycles. The summed E-state index contributed by atoms with van der Waals surface area (Å²) in [7, 11) is 0. The molecule has 60 valence electrons. The number of aromatic nitrogens is 3. The third-order valence-corrected chi connectivity index (χ3v) is 1.49. The molecule has 0 saturated carbocycles. The Hall–Kier alpha value is -1.98. The topological polar surface area (TPSA) is 84.7 Å². The van der Waals surface area contributed by atoms with Crippen molar-refractivity contribution in [1.82, 2.24) is 15.0 Å². The molecule has 0 amide bonds. The number of H-pyrrole nitrogens is 1. The van der Waals surface area contributed by atoms with Gasteiger partial charge in [-0.05, 0) is 9.91 Å². The van der Waals surface area contributed by atoms with Gasteiger partial charge in [-0.3, -0.25) is 0 Å². The highest BCUT2D eigenvalue weighted by atomic mass is 16.6. The van der Waals surface area contributed by atoms with Gasteiger partial charge in [-0.25, -0.2) is 4.98 Å². The first-order chi connectivity index (χ1) is 5.79. The molecule has 2 aromatic rings. The smallest absolute Gasteiger partial charge is 0.358 e. The van der Waals surface area contributed by atoms with Gasteiger partial charge in [0.05, 0.1) is 11.8 Å². The van der Waals surface area contributed by atoms with Crippen LogP contribution < -0.4 is 0 Å². The van der Waals surface area contributed by atoms with Crippen molar-refractivity contribution in [3.05, 3.63) is 28.7 Å². The predicted octanol–water partition coefficient (Wildman–Crippen LogP) is 0.866. The fourth-order valence-electron chi connectivity index (χ4n) is 0.987. The highest BCUT2D eigenvalue weighted by molar-refractivity contribution is 5.81. The van der Waals surface area contributed by atoms with E-state index in [0.29, 0.717) is 11.0 Å². The molecule has 0 aliphatic heterocycles. The Labute approximate surface area is 66.4 Å². The van der Waals surface area contributed by atoms with Crippen LogP contribution in [0.15, 0.2) is 18.6 Å². The molecule has 2 heterocycles. The molecule has 0 spiro atoms. The second-order valence-corrected chi connectivity index (χ2v) is 2.19. The van der Waals surface area contributed by atoms with Gasteiger partial charge in [0.1, 0.15) is 6.20 Å². The molecule has 6 nitrogen and oxygen atoms in total. The van der Waals surface area contributed by atoms with Gasteiger partial charge >= 0.3 is 5.82 Å². The fourth-order valence-corrected chi connectivity index (χ4v) is 0.987. The van der Waals surface area contributed by atoms with E-state index in [1.54, 1.807) is 6.07 Å². The minimum Gasteiger partial charge on any atom is -0.358 e. The van der Waals surface area contributed by atoms with Crippen molar-refractivity contribution in [2.24, 2.45) is 0 Å². The van der Waals surface area contributed by atoms with Gasteiger partial charge < -0.3 is 15.1 Å². The average Bonchev–Trinajstić information content (AvgIpc) is 2.49. The number of fused-ring (bicyclic) bond motifs is 1. The summed E-state index contributed by atoms with van der Waals surface area (Å²) in [6.07, 6.45) is 2.78. The molecule has 1 N–H and O–H groups in total. The number of imidazole rings is 1. The molecule has 0 unspecified atom stereocenters. The Morgan fingerprint density at radius 1 is 1.50 bits per heavy atom. The summed E-state index contributed by atoms with van der Waals surface area (Å²) in [5.41, 5.74) is 0.916. The second-order valence-electron chi connectivity index (χ2n) is 2.19. The second kappa shape index (κ2) is 2.26. The molecule has 0 fully saturated rings. The molecule has 0 aliphatic rings. The van der Waals surface area contributed by atoms with E-state index in [2.05, 4.69) is 15.0 Å². The van der Waals surface area contributed by atoms with Gasteiger partial charge in [0.15, 0.2) is 5.52 Å². The van der Waals surface area contributed by atoms with E-state index in [9.17, 15) is 10.1 Å². The van der Waals surface area contributed by atoms with Crippen LogP contribution in [-0.2, 0) is 0 Å². The fraction of sp³-hybridized carbons (Fsp3) is 0. The van der Waals surface area contributed by atoms with Crippen molar-refractivity contribution in [1.29, 1.82) is 0 Å². The lowest BCUT2D eigenvalue weighted by Crippen LogP contribution is -1.92. The normalized spacial score (nSPS) is 10.3. The van der Waals surface area contributed by atoms with Crippen molar-refractivity contribution in [2.75, 3.05) is 0 Å². The van der Waals surface area contributed by atoms with Crippen LogP contribution in [0, 0.1) is 10.1 Å². The van der Waals surface area contributed by atoms with Gasteiger partial charge in [-0.1, -0.05) is 0 Å². The number of nitro groups is 1. The summed E-state index contributed by atoms with van der Waals surface area (Å²) >= 11 is 0. The first-order valence-electron chi connectivity index (χ1n) is 3.21. The highest BCUT2D eigenvalue weighted by Gasteiger charge is 2.13. The Morgan fingerprint density at radius 2 is 2.33 bits per heavy atom. The van der Waals surface area contributed by atoms with Crippen molar-refractivity contribution in [3.8, 4) is 0 Å². The predicted molar refractivity (Wildman–Crippen MR) is 40.5 cm³/mol. The number of pyridine rings is 1. The SMILES string of the molecule is O=[N+]([O-])c1nccc2[nH]cnc12. The van der Waals surface area contributed by atoms with Crippen molar-refractivity contribution in [3.63, 3.8) is 0 Å². The molecule has 12 heavy (non-hydrogen) atoms. The van der Waals surface area contributed by atoms with Crippen LogP contribution in [0.25, 0.3) is 11.0 Å². The molecule has 2 rings (SSSR count). The van der Waals surface area contributed by atoms with Crippen LogP contribution in [0.3, 0.4) is 0 Å². The zero-order valence-electron chi connectivity index (χ0n) is 5.89. The molecule has 0 saturated heterocycles. The number of nitrogens with zero attached hydrogens (tertiary/aromatic N) is 3. The Morgan fingerprint density at radius 3 is 3.08 bits per heavy atom. The Balaban J connectivity index is 2.82. The van der Waals surface area contributed by atoms with E-state index in [0.717, 1.165) is 0 Å². The number of aromatic amines is 1. The molecule has 6 heteroatoms. The third-order valence-electron chi connectivity index (χ3n) is 1.49. The zero-order chi connectivity index (χ0) is 8.55. The van der Waals surface area contributed by atoms with E-state index in [1.165, 1.54) is 12.5 Å². The summed E-state index contributed by atoms with van der Waals surface area (Å²) < 4.78 is 0. The van der Waals surface area contributed by atoms with Crippen molar-refractivity contribution < 1.29 is 4.92 Å². The minimum absolute atomic E-state index is 0.214. The minimum atomic E-state index is -0.552. The van der Waals surface area contributed by atoms with Crippen LogP contribution in [0.2, 0.25) is 0 Å². The quantitative estimate of drug-likeness (QED) is 0.500. The summed E-state index contributed by atoms with van der Waals surface area (Å²) in [5, 5.41) is 10.4. The summed E-state index contributed by atoms with van der Waals surface area (Å²) in [5.74, 6) is -0.214. The van der Waals surface area contributed by atoms with Crippen LogP contribution in [0.4, 0.5) is 5.82 Å². The maximum absolute atomic E-state index is 10.4. The molecular formula is C6H4N4O2. The first kappa shape index (κ1) is 6.71. The lowest BCUT2D eigenvalue weighted by Gasteiger charge is -1.90. The molecule has 0 bridgehead atoms. The number of nitrogens with one attached hydrogen (secondary N) is 1. The van der Waals surface area contributed by atoms with Gasteiger partial charge in [0.25, 0.3) is 0 Å². The van der Waals surface area contributed by atoms with Gasteiger partial charge in [-0.2, -0.15) is 0 Å². The van der Waals surface area contributed by atoms with Gasteiger partial charge in [-0.15, -0.1) is 0 Å². The Bertz CT molecular complexity index is 436. The van der Waals surface area contributed by atoms with E-state index < -0.39 is 4.92 Å². The zero-order valence-corrected chi connectivity index (χ0v) is 5.89. The lowest BCUT2D eigenvalue weighted by molar-refractivity contribution is -0.387. The van der Waals surface area contributed by atoms with Crippen LogP contribution >= 0.6 is 0 Å². The molecular weight excluding hydrogens is 160 g/mol. The maximum Gasteiger partial charge on any atom is 0.391 e. The van der Waals surface area contributed by atoms with E-state index in [4.69, 9.17) is 0 Å². The molecule has 0 aromatic carbocycles. The standard InChI is InChI=1S/C6H4N4O2/c11-10(12)6-5-4(1-2-7-6)8-3-9-5/h1-3H,(H,8,9). The third kappa shape index (κ3) is 0.815. The number of rotatable bonds is 1. The highest BCUT2D eigenvalue weighted by Crippen LogP contribution is 2.17. The van der Waals surface area contributed by atoms with E-state index >= 15 is 0 Å². The lowest BCUT2D eigenvalue weighted by atomic mass is 10.4. The van der Waals surface area contributed by atoms with Gasteiger partial charge in [0.2, 0.25) is 0 Å². The first-order valence-corrected chi connectivity index (χ1v) is 3.21. The van der Waals surface area contributed by atoms with Crippen LogP contribution in [-0.4, -0.2) is 19.9 Å². The average molecular weight is 164 g/mol. The number of hydrogen-bond acceptors (Lipinski definition) is 4. The van der Waals surface area contributed by atoms with Crippen LogP contribution in [0.1, 0.15) is 0 Å².